The van der Waals surface area contributed by atoms with Crippen LogP contribution in [0.25, 0.3) is 16.6 Å². The van der Waals surface area contributed by atoms with Crippen LogP contribution in [-0.2, 0) is 6.42 Å². The van der Waals surface area contributed by atoms with Gasteiger partial charge >= 0.3 is 5.56 Å². The Balaban J connectivity index is 1.75. The summed E-state index contributed by atoms with van der Waals surface area (Å²) >= 11 is 1.26. The Morgan fingerprint density at radius 2 is 2.00 bits per heavy atom. The fourth-order valence-electron chi connectivity index (χ4n) is 3.27. The van der Waals surface area contributed by atoms with Crippen molar-refractivity contribution in [3.63, 3.8) is 0 Å². The van der Waals surface area contributed by atoms with E-state index >= 15 is 0 Å². The minimum Gasteiger partial charge on any atom is -0.302 e. The molecule has 26 heavy (non-hydrogen) atoms. The summed E-state index contributed by atoms with van der Waals surface area (Å²) in [6.07, 6.45) is 7.29. The van der Waals surface area contributed by atoms with Crippen molar-refractivity contribution in [1.82, 2.24) is 23.1 Å². The van der Waals surface area contributed by atoms with E-state index in [9.17, 15) is 9.59 Å². The standard InChI is InChI=1S/C18H17N5O2S/c1-12(22-15-6-4-3-5-14(15)19-9-17(22)24)7-13-8-16-18(25)23(26-2)20-11-21(16)10-13/h3-6,8-12H,7H2,1-2H3. The van der Waals surface area contributed by atoms with Crippen molar-refractivity contribution in [2.24, 2.45) is 0 Å². The predicted molar refractivity (Wildman–Crippen MR) is 103 cm³/mol. The molecular formula is C18H17N5O2S. The normalized spacial score (nSPS) is 12.7. The molecule has 0 radical (unpaired) electrons. The number of hydrogen-bond donors (Lipinski definition) is 0. The number of fused-ring (bicyclic) bond motifs is 2. The second-order valence-corrected chi connectivity index (χ2v) is 6.85. The van der Waals surface area contributed by atoms with Gasteiger partial charge in [0.1, 0.15) is 11.8 Å². The van der Waals surface area contributed by atoms with E-state index in [0.29, 0.717) is 11.9 Å². The first-order valence-corrected chi connectivity index (χ1v) is 9.36. The lowest BCUT2D eigenvalue weighted by molar-refractivity contribution is 0.543. The van der Waals surface area contributed by atoms with Gasteiger partial charge in [-0.3, -0.25) is 9.59 Å². The zero-order valence-electron chi connectivity index (χ0n) is 14.4. The molecule has 4 rings (SSSR count). The summed E-state index contributed by atoms with van der Waals surface area (Å²) in [5.74, 6) is 0. The summed E-state index contributed by atoms with van der Waals surface area (Å²) in [4.78, 5) is 29.0. The van der Waals surface area contributed by atoms with Crippen molar-refractivity contribution in [1.29, 1.82) is 0 Å². The van der Waals surface area contributed by atoms with Gasteiger partial charge in [0.2, 0.25) is 0 Å². The largest absolute Gasteiger partial charge is 0.302 e. The van der Waals surface area contributed by atoms with Crippen LogP contribution < -0.4 is 11.1 Å². The second-order valence-electron chi connectivity index (χ2n) is 6.14. The van der Waals surface area contributed by atoms with Crippen molar-refractivity contribution in [3.05, 3.63) is 75.3 Å². The minimum atomic E-state index is -0.148. The van der Waals surface area contributed by atoms with Crippen LogP contribution in [0, 0.1) is 0 Å². The van der Waals surface area contributed by atoms with Gasteiger partial charge < -0.3 is 8.97 Å². The highest BCUT2D eigenvalue weighted by molar-refractivity contribution is 7.97. The smallest absolute Gasteiger partial charge is 0.301 e. The Morgan fingerprint density at radius 1 is 1.19 bits per heavy atom. The summed E-state index contributed by atoms with van der Waals surface area (Å²) in [6.45, 7) is 1.99. The number of nitrogens with zero attached hydrogens (tertiary/aromatic N) is 5. The highest BCUT2D eigenvalue weighted by atomic mass is 32.2. The second kappa shape index (κ2) is 6.45. The first-order valence-electron chi connectivity index (χ1n) is 8.18. The van der Waals surface area contributed by atoms with E-state index in [0.717, 1.165) is 16.6 Å². The van der Waals surface area contributed by atoms with Gasteiger partial charge in [0, 0.05) is 18.5 Å². The summed E-state index contributed by atoms with van der Waals surface area (Å²) in [5, 5.41) is 4.10. The van der Waals surface area contributed by atoms with Crippen LogP contribution in [0.3, 0.4) is 0 Å². The molecule has 0 aliphatic heterocycles. The molecule has 1 aromatic carbocycles. The number of aromatic nitrogens is 5. The third kappa shape index (κ3) is 2.72. The first kappa shape index (κ1) is 16.6. The van der Waals surface area contributed by atoms with E-state index < -0.39 is 0 Å². The monoisotopic (exact) mass is 367 g/mol. The maximum Gasteiger partial charge on any atom is 0.301 e. The molecule has 0 aliphatic rings. The highest BCUT2D eigenvalue weighted by Crippen LogP contribution is 2.19. The summed E-state index contributed by atoms with van der Waals surface area (Å²) in [5.41, 5.74) is 2.86. The average Bonchev–Trinajstić information content (AvgIpc) is 3.05. The quantitative estimate of drug-likeness (QED) is 0.552. The van der Waals surface area contributed by atoms with Gasteiger partial charge in [-0.15, -0.1) is 5.10 Å². The van der Waals surface area contributed by atoms with E-state index in [2.05, 4.69) is 10.1 Å². The third-order valence-electron chi connectivity index (χ3n) is 4.42. The molecule has 0 saturated carbocycles. The van der Waals surface area contributed by atoms with Crippen LogP contribution in [0.5, 0.6) is 0 Å². The Hall–Kier alpha value is -2.87. The summed E-state index contributed by atoms with van der Waals surface area (Å²) < 4.78 is 4.83. The maximum atomic E-state index is 12.4. The van der Waals surface area contributed by atoms with Crippen molar-refractivity contribution in [2.75, 3.05) is 6.26 Å². The highest BCUT2D eigenvalue weighted by Gasteiger charge is 2.14. The van der Waals surface area contributed by atoms with E-state index in [4.69, 9.17) is 0 Å². The molecule has 132 valence electrons. The zero-order chi connectivity index (χ0) is 18.3. The van der Waals surface area contributed by atoms with Crippen LogP contribution in [-0.4, -0.2) is 29.4 Å². The molecule has 1 unspecified atom stereocenters. The van der Waals surface area contributed by atoms with E-state index in [1.165, 1.54) is 22.2 Å². The van der Waals surface area contributed by atoms with Gasteiger partial charge in [0.15, 0.2) is 0 Å². The molecule has 3 heterocycles. The lowest BCUT2D eigenvalue weighted by Gasteiger charge is -2.16. The molecule has 7 nitrogen and oxygen atoms in total. The van der Waals surface area contributed by atoms with Crippen molar-refractivity contribution >= 4 is 28.5 Å². The van der Waals surface area contributed by atoms with Gasteiger partial charge in [0.25, 0.3) is 5.56 Å². The topological polar surface area (TPSA) is 74.2 Å². The van der Waals surface area contributed by atoms with Gasteiger partial charge in [0.05, 0.1) is 17.2 Å². The minimum absolute atomic E-state index is 0.0800. The van der Waals surface area contributed by atoms with Crippen LogP contribution >= 0.6 is 11.9 Å². The Kier molecular flexibility index (Phi) is 4.12. The van der Waals surface area contributed by atoms with E-state index in [1.54, 1.807) is 21.6 Å². The van der Waals surface area contributed by atoms with Crippen LogP contribution in [0.2, 0.25) is 0 Å². The molecule has 8 heteroatoms. The molecule has 0 spiro atoms. The molecule has 0 aliphatic carbocycles. The maximum absolute atomic E-state index is 12.4. The van der Waals surface area contributed by atoms with Gasteiger partial charge in [-0.25, -0.2) is 4.98 Å². The lowest BCUT2D eigenvalue weighted by atomic mass is 10.1. The third-order valence-corrected chi connectivity index (χ3v) is 5.02. The fourth-order valence-corrected chi connectivity index (χ4v) is 3.66. The lowest BCUT2D eigenvalue weighted by Crippen LogP contribution is -2.24. The predicted octanol–water partition coefficient (Wildman–Crippen LogP) is 2.14. The van der Waals surface area contributed by atoms with Gasteiger partial charge in [-0.05, 0) is 49.1 Å². The summed E-state index contributed by atoms with van der Waals surface area (Å²) in [7, 11) is 0. The van der Waals surface area contributed by atoms with Gasteiger partial charge in [-0.1, -0.05) is 12.1 Å². The molecule has 0 amide bonds. The molecule has 0 N–H and O–H groups in total. The molecule has 4 aromatic rings. The molecule has 1 atom stereocenters. The van der Waals surface area contributed by atoms with Crippen LogP contribution in [0.15, 0.2) is 58.6 Å². The van der Waals surface area contributed by atoms with E-state index in [1.807, 2.05) is 43.5 Å². The van der Waals surface area contributed by atoms with Crippen LogP contribution in [0.4, 0.5) is 0 Å². The number of para-hydroxylation sites is 2. The van der Waals surface area contributed by atoms with E-state index in [-0.39, 0.29) is 17.2 Å². The molecule has 0 saturated heterocycles. The number of rotatable bonds is 4. The Labute approximate surface area is 153 Å². The molecule has 3 aromatic heterocycles. The number of hydrogen-bond acceptors (Lipinski definition) is 5. The SMILES string of the molecule is CSn1ncn2cc(CC(C)n3c(=O)cnc4ccccc43)cc2c1=O. The first-order chi connectivity index (χ1) is 12.6. The van der Waals surface area contributed by atoms with Crippen molar-refractivity contribution < 1.29 is 0 Å². The Morgan fingerprint density at radius 3 is 2.81 bits per heavy atom. The summed E-state index contributed by atoms with van der Waals surface area (Å²) in [6, 6.07) is 9.37. The van der Waals surface area contributed by atoms with Crippen molar-refractivity contribution in [2.45, 2.75) is 19.4 Å². The molecular weight excluding hydrogens is 350 g/mol. The average molecular weight is 367 g/mol. The van der Waals surface area contributed by atoms with Gasteiger partial charge in [-0.2, -0.15) is 4.09 Å². The number of benzene rings is 1. The zero-order valence-corrected chi connectivity index (χ0v) is 15.2. The molecule has 0 bridgehead atoms. The fraction of sp³-hybridized carbons (Fsp3) is 0.222. The van der Waals surface area contributed by atoms with Crippen molar-refractivity contribution in [3.8, 4) is 0 Å². The Bertz CT molecular complexity index is 1220. The van der Waals surface area contributed by atoms with Crippen LogP contribution in [0.1, 0.15) is 18.5 Å². The molecule has 0 fully saturated rings.